The van der Waals surface area contributed by atoms with Crippen molar-refractivity contribution in [2.75, 3.05) is 0 Å². The molecule has 3 nitrogen and oxygen atoms in total. The minimum Gasteiger partial charge on any atom is -0.271 e. The van der Waals surface area contributed by atoms with Crippen molar-refractivity contribution in [2.24, 2.45) is 5.10 Å². The van der Waals surface area contributed by atoms with Gasteiger partial charge in [-0.3, -0.25) is 4.79 Å². The Bertz CT molecular complexity index is 960. The average molecular weight is 310 g/mol. The first-order chi connectivity index (χ1) is 11.8. The van der Waals surface area contributed by atoms with Gasteiger partial charge in [0.25, 0.3) is 5.91 Å². The molecule has 0 radical (unpaired) electrons. The van der Waals surface area contributed by atoms with E-state index in [1.807, 2.05) is 66.7 Å². The molecule has 3 heteroatoms. The number of nitrogens with one attached hydrogen (secondary N) is 1. The zero-order valence-corrected chi connectivity index (χ0v) is 12.9. The Balaban J connectivity index is 1.89. The number of hydrazone groups is 1. The Morgan fingerprint density at radius 3 is 1.88 bits per heavy atom. The molecule has 1 spiro atoms. The molecule has 0 atom stereocenters. The molecule has 3 aromatic rings. The summed E-state index contributed by atoms with van der Waals surface area (Å²) in [6, 6.07) is 26.2. The van der Waals surface area contributed by atoms with Crippen LogP contribution in [0.3, 0.4) is 0 Å². The molecule has 1 amide bonds. The highest BCUT2D eigenvalue weighted by atomic mass is 16.2. The van der Waals surface area contributed by atoms with Crippen LogP contribution in [0.1, 0.15) is 16.7 Å². The van der Waals surface area contributed by atoms with Crippen molar-refractivity contribution in [1.29, 1.82) is 0 Å². The first-order valence-electron chi connectivity index (χ1n) is 7.97. The largest absolute Gasteiger partial charge is 0.271 e. The number of rotatable bonds is 1. The van der Waals surface area contributed by atoms with E-state index in [4.69, 9.17) is 0 Å². The third-order valence-electron chi connectivity index (χ3n) is 4.96. The van der Waals surface area contributed by atoms with Gasteiger partial charge in [0.05, 0.1) is 5.71 Å². The van der Waals surface area contributed by atoms with Gasteiger partial charge in [-0.2, -0.15) is 5.10 Å². The van der Waals surface area contributed by atoms with Crippen LogP contribution >= 0.6 is 0 Å². The molecular formula is C21H14N2O. The highest BCUT2D eigenvalue weighted by molar-refractivity contribution is 6.29. The number of benzene rings is 3. The van der Waals surface area contributed by atoms with Gasteiger partial charge < -0.3 is 0 Å². The zero-order chi connectivity index (χ0) is 16.1. The van der Waals surface area contributed by atoms with Crippen LogP contribution in [0.5, 0.6) is 0 Å². The first-order valence-corrected chi connectivity index (χ1v) is 7.97. The van der Waals surface area contributed by atoms with Crippen LogP contribution in [-0.2, 0) is 10.2 Å². The maximum atomic E-state index is 13.1. The van der Waals surface area contributed by atoms with Gasteiger partial charge in [0.15, 0.2) is 0 Å². The molecular weight excluding hydrogens is 296 g/mol. The summed E-state index contributed by atoms with van der Waals surface area (Å²) in [6.45, 7) is 0. The zero-order valence-electron chi connectivity index (χ0n) is 12.9. The molecule has 0 bridgehead atoms. The highest BCUT2D eigenvalue weighted by Crippen LogP contribution is 2.51. The van der Waals surface area contributed by atoms with Gasteiger partial charge in [0.2, 0.25) is 0 Å². The van der Waals surface area contributed by atoms with E-state index < -0.39 is 5.41 Å². The molecule has 0 unspecified atom stereocenters. The summed E-state index contributed by atoms with van der Waals surface area (Å²) in [5.41, 5.74) is 7.81. The van der Waals surface area contributed by atoms with Crippen LogP contribution in [0.2, 0.25) is 0 Å². The summed E-state index contributed by atoms with van der Waals surface area (Å²) in [4.78, 5) is 13.1. The van der Waals surface area contributed by atoms with Gasteiger partial charge in [-0.05, 0) is 27.8 Å². The third kappa shape index (κ3) is 1.46. The Morgan fingerprint density at radius 2 is 1.25 bits per heavy atom. The van der Waals surface area contributed by atoms with Crippen molar-refractivity contribution in [2.45, 2.75) is 5.41 Å². The van der Waals surface area contributed by atoms with E-state index in [0.29, 0.717) is 0 Å². The van der Waals surface area contributed by atoms with E-state index >= 15 is 0 Å². The van der Waals surface area contributed by atoms with Gasteiger partial charge in [-0.15, -0.1) is 0 Å². The SMILES string of the molecule is O=C1NN=C(c2ccccc2)C12c1ccccc1-c1ccccc12. The topological polar surface area (TPSA) is 41.5 Å². The summed E-state index contributed by atoms with van der Waals surface area (Å²) in [7, 11) is 0. The van der Waals surface area contributed by atoms with Crippen molar-refractivity contribution in [3.8, 4) is 11.1 Å². The maximum Gasteiger partial charge on any atom is 0.261 e. The van der Waals surface area contributed by atoms with Crippen molar-refractivity contribution >= 4 is 11.6 Å². The number of carbonyl (C=O) groups is 1. The van der Waals surface area contributed by atoms with Crippen LogP contribution < -0.4 is 5.43 Å². The lowest BCUT2D eigenvalue weighted by Gasteiger charge is -2.25. The molecule has 1 heterocycles. The van der Waals surface area contributed by atoms with Crippen molar-refractivity contribution < 1.29 is 4.79 Å². The molecule has 24 heavy (non-hydrogen) atoms. The fourth-order valence-corrected chi connectivity index (χ4v) is 3.99. The summed E-state index contributed by atoms with van der Waals surface area (Å²) in [6.07, 6.45) is 0. The molecule has 0 fully saturated rings. The van der Waals surface area contributed by atoms with Crippen LogP contribution in [0.15, 0.2) is 84.0 Å². The molecule has 1 aliphatic carbocycles. The first kappa shape index (κ1) is 13.3. The molecule has 5 rings (SSSR count). The Hall–Kier alpha value is -3.20. The van der Waals surface area contributed by atoms with Crippen molar-refractivity contribution in [3.05, 3.63) is 95.6 Å². The number of hydrogen-bond acceptors (Lipinski definition) is 2. The van der Waals surface area contributed by atoms with E-state index in [1.54, 1.807) is 0 Å². The predicted octanol–water partition coefficient (Wildman–Crippen LogP) is 3.49. The Morgan fingerprint density at radius 1 is 0.708 bits per heavy atom. The van der Waals surface area contributed by atoms with Gasteiger partial charge in [-0.1, -0.05) is 78.9 Å². The standard InChI is InChI=1S/C21H14N2O/c24-20-21(19(22-23-20)14-8-2-1-3-9-14)17-12-6-4-10-15(17)16-11-5-7-13-18(16)21/h1-13H,(H,23,24). The molecule has 114 valence electrons. The van der Waals surface area contributed by atoms with Crippen molar-refractivity contribution in [3.63, 3.8) is 0 Å². The van der Waals surface area contributed by atoms with E-state index in [1.165, 1.54) is 0 Å². The maximum absolute atomic E-state index is 13.1. The van der Waals surface area contributed by atoms with Crippen LogP contribution in [0.25, 0.3) is 11.1 Å². The molecule has 0 saturated carbocycles. The van der Waals surface area contributed by atoms with Crippen LogP contribution in [0.4, 0.5) is 0 Å². The summed E-state index contributed by atoms with van der Waals surface area (Å²) in [5.74, 6) is -0.0845. The number of hydrogen-bond donors (Lipinski definition) is 1. The third-order valence-corrected chi connectivity index (χ3v) is 4.96. The van der Waals surface area contributed by atoms with E-state index in [9.17, 15) is 4.79 Å². The molecule has 0 aromatic heterocycles. The van der Waals surface area contributed by atoms with Gasteiger partial charge in [0, 0.05) is 0 Å². The smallest absolute Gasteiger partial charge is 0.261 e. The van der Waals surface area contributed by atoms with Crippen molar-refractivity contribution in [1.82, 2.24) is 5.43 Å². The monoisotopic (exact) mass is 310 g/mol. The minimum atomic E-state index is -0.867. The number of carbonyl (C=O) groups excluding carboxylic acids is 1. The van der Waals surface area contributed by atoms with Gasteiger partial charge in [0.1, 0.15) is 5.41 Å². The lowest BCUT2D eigenvalue weighted by Crippen LogP contribution is -2.42. The second kappa shape index (κ2) is 4.65. The number of nitrogens with zero attached hydrogens (tertiary/aromatic N) is 1. The molecule has 1 aliphatic heterocycles. The molecule has 3 aromatic carbocycles. The second-order valence-electron chi connectivity index (χ2n) is 6.11. The summed E-state index contributed by atoms with van der Waals surface area (Å²) < 4.78 is 0. The summed E-state index contributed by atoms with van der Waals surface area (Å²) in [5, 5.41) is 4.44. The van der Waals surface area contributed by atoms with Crippen LogP contribution in [-0.4, -0.2) is 11.6 Å². The minimum absolute atomic E-state index is 0.0845. The fraction of sp³-hybridized carbons (Fsp3) is 0.0476. The lowest BCUT2D eigenvalue weighted by atomic mass is 9.72. The van der Waals surface area contributed by atoms with Crippen LogP contribution in [0, 0.1) is 0 Å². The second-order valence-corrected chi connectivity index (χ2v) is 6.11. The normalized spacial score (nSPS) is 16.5. The molecule has 2 aliphatic rings. The Labute approximate surface area is 139 Å². The van der Waals surface area contributed by atoms with Gasteiger partial charge in [-0.25, -0.2) is 5.43 Å². The summed E-state index contributed by atoms with van der Waals surface area (Å²) >= 11 is 0. The predicted molar refractivity (Wildman–Crippen MR) is 93.8 cm³/mol. The lowest BCUT2D eigenvalue weighted by molar-refractivity contribution is -0.122. The van der Waals surface area contributed by atoms with E-state index in [-0.39, 0.29) is 5.91 Å². The van der Waals surface area contributed by atoms with E-state index in [2.05, 4.69) is 22.7 Å². The van der Waals surface area contributed by atoms with Gasteiger partial charge >= 0.3 is 0 Å². The quantitative estimate of drug-likeness (QED) is 0.734. The fourth-order valence-electron chi connectivity index (χ4n) is 3.99. The van der Waals surface area contributed by atoms with E-state index in [0.717, 1.165) is 33.5 Å². The number of amides is 1. The highest BCUT2D eigenvalue weighted by Gasteiger charge is 2.56. The Kier molecular flexibility index (Phi) is 2.57. The number of fused-ring (bicyclic) bond motifs is 5. The molecule has 1 N–H and O–H groups in total. The molecule has 0 saturated heterocycles. The average Bonchev–Trinajstić information content (AvgIpc) is 3.14.